The summed E-state index contributed by atoms with van der Waals surface area (Å²) in [4.78, 5) is 16.7. The van der Waals surface area contributed by atoms with Crippen LogP contribution >= 0.6 is 0 Å². The van der Waals surface area contributed by atoms with Crippen LogP contribution in [-0.2, 0) is 14.7 Å². The van der Waals surface area contributed by atoms with E-state index in [1.54, 1.807) is 10.7 Å². The number of rotatable bonds is 4. The number of nitrogens with zero attached hydrogens (tertiary/aromatic N) is 2. The van der Waals surface area contributed by atoms with Gasteiger partial charge in [-0.2, -0.15) is 5.10 Å². The van der Waals surface area contributed by atoms with Gasteiger partial charge in [0.25, 0.3) is 5.91 Å². The minimum atomic E-state index is -3.06. The second-order valence-corrected chi connectivity index (χ2v) is 8.15. The van der Waals surface area contributed by atoms with Gasteiger partial charge in [-0.15, -0.1) is 0 Å². The van der Waals surface area contributed by atoms with E-state index in [1.165, 1.54) is 7.11 Å². The fraction of sp³-hybridized carbons (Fsp3) is 0.375. The maximum atomic E-state index is 12.0. The predicted octanol–water partition coefficient (Wildman–Crippen LogP) is 1.51. The van der Waals surface area contributed by atoms with Gasteiger partial charge in [0.05, 0.1) is 30.4 Å². The Morgan fingerprint density at radius 1 is 1.33 bits per heavy atom. The lowest BCUT2D eigenvalue weighted by atomic mass is 10.1. The Kier molecular flexibility index (Phi) is 4.42. The zero-order valence-electron chi connectivity index (χ0n) is 13.5. The van der Waals surface area contributed by atoms with Crippen molar-refractivity contribution in [2.24, 2.45) is 0 Å². The lowest BCUT2D eigenvalue weighted by molar-refractivity contribution is 0.0531. The lowest BCUT2D eigenvalue weighted by Gasteiger charge is -2.13. The predicted molar refractivity (Wildman–Crippen MR) is 89.2 cm³/mol. The smallest absolute Gasteiger partial charge is 0.277 e. The number of hydrogen-bond donors (Lipinski definition) is 1. The molecule has 8 heteroatoms. The average Bonchev–Trinajstić information content (AvgIpc) is 3.12. The Morgan fingerprint density at radius 3 is 2.62 bits per heavy atom. The van der Waals surface area contributed by atoms with Gasteiger partial charge in [-0.3, -0.25) is 14.3 Å². The van der Waals surface area contributed by atoms with Crippen LogP contribution in [0.1, 0.15) is 28.5 Å². The van der Waals surface area contributed by atoms with Gasteiger partial charge in [0.2, 0.25) is 0 Å². The zero-order chi connectivity index (χ0) is 17.3. The first kappa shape index (κ1) is 16.7. The van der Waals surface area contributed by atoms with Crippen molar-refractivity contribution >= 4 is 15.7 Å². The second-order valence-electron chi connectivity index (χ2n) is 5.92. The van der Waals surface area contributed by atoms with Crippen molar-refractivity contribution < 1.29 is 18.0 Å². The largest absolute Gasteiger partial charge is 0.295 e. The van der Waals surface area contributed by atoms with Crippen LogP contribution in [0.25, 0.3) is 11.3 Å². The third-order valence-electron chi connectivity index (χ3n) is 4.06. The summed E-state index contributed by atoms with van der Waals surface area (Å²) in [6, 6.07) is 9.19. The highest BCUT2D eigenvalue weighted by atomic mass is 32.2. The summed E-state index contributed by atoms with van der Waals surface area (Å²) in [5, 5.41) is 4.34. The molecule has 0 saturated carbocycles. The topological polar surface area (TPSA) is 90.3 Å². The molecular formula is C16H19N3O4S. The minimum Gasteiger partial charge on any atom is -0.277 e. The number of aryl methyl sites for hydroxylation is 1. The zero-order valence-corrected chi connectivity index (χ0v) is 14.3. The molecule has 1 unspecified atom stereocenters. The Balaban J connectivity index is 2.05. The van der Waals surface area contributed by atoms with Crippen LogP contribution in [0.3, 0.4) is 0 Å². The first-order valence-corrected chi connectivity index (χ1v) is 9.42. The maximum absolute atomic E-state index is 12.0. The normalized spacial score (nSPS) is 19.3. The van der Waals surface area contributed by atoms with Crippen LogP contribution in [0.15, 0.2) is 30.3 Å². The number of carbonyl (C=O) groups excluding carboxylic acids is 1. The standard InChI is InChI=1S/C16H19N3O4S/c1-11-3-5-12(6-4-11)15-9-14(16(20)18-23-2)17-19(15)13-7-8-24(21,22)10-13/h3-6,9,13H,7-8,10H2,1-2H3,(H,18,20). The van der Waals surface area contributed by atoms with Crippen LogP contribution in [0.2, 0.25) is 0 Å². The summed E-state index contributed by atoms with van der Waals surface area (Å²) in [7, 11) is -1.71. The Morgan fingerprint density at radius 2 is 2.04 bits per heavy atom. The monoisotopic (exact) mass is 349 g/mol. The molecule has 3 rings (SSSR count). The summed E-state index contributed by atoms with van der Waals surface area (Å²) in [6.45, 7) is 1.99. The summed E-state index contributed by atoms with van der Waals surface area (Å²) in [6.07, 6.45) is 0.494. The van der Waals surface area contributed by atoms with Gasteiger partial charge < -0.3 is 0 Å². The number of nitrogens with one attached hydrogen (secondary N) is 1. The Labute approximate surface area is 140 Å². The van der Waals surface area contributed by atoms with E-state index >= 15 is 0 Å². The van der Waals surface area contributed by atoms with Gasteiger partial charge in [-0.1, -0.05) is 29.8 Å². The molecule has 24 heavy (non-hydrogen) atoms. The summed E-state index contributed by atoms with van der Waals surface area (Å²) in [5.74, 6) is -0.283. The van der Waals surface area contributed by atoms with Crippen molar-refractivity contribution in [3.8, 4) is 11.3 Å². The SMILES string of the molecule is CONC(=O)c1cc(-c2ccc(C)cc2)n(C2CCS(=O)(=O)C2)n1. The van der Waals surface area contributed by atoms with Gasteiger partial charge in [-0.25, -0.2) is 13.9 Å². The molecule has 1 aliphatic heterocycles. The van der Waals surface area contributed by atoms with Crippen molar-refractivity contribution in [1.82, 2.24) is 15.3 Å². The molecule has 7 nitrogen and oxygen atoms in total. The highest BCUT2D eigenvalue weighted by Crippen LogP contribution is 2.30. The van der Waals surface area contributed by atoms with Crippen LogP contribution in [0.5, 0.6) is 0 Å². The molecule has 128 valence electrons. The average molecular weight is 349 g/mol. The van der Waals surface area contributed by atoms with Crippen LogP contribution in [-0.4, -0.2) is 42.7 Å². The summed E-state index contributed by atoms with van der Waals surface area (Å²) in [5.41, 5.74) is 5.15. The fourth-order valence-electron chi connectivity index (χ4n) is 2.84. The van der Waals surface area contributed by atoms with Gasteiger partial charge >= 0.3 is 0 Å². The molecule has 1 aromatic carbocycles. The number of benzene rings is 1. The molecule has 0 radical (unpaired) electrons. The van der Waals surface area contributed by atoms with E-state index in [2.05, 4.69) is 15.4 Å². The third kappa shape index (κ3) is 3.34. The summed E-state index contributed by atoms with van der Waals surface area (Å²) < 4.78 is 25.3. The molecule has 1 fully saturated rings. The lowest BCUT2D eigenvalue weighted by Crippen LogP contribution is -2.23. The number of carbonyl (C=O) groups is 1. The first-order chi connectivity index (χ1) is 11.4. The number of hydrogen-bond acceptors (Lipinski definition) is 5. The third-order valence-corrected chi connectivity index (χ3v) is 5.82. The van der Waals surface area contributed by atoms with E-state index in [4.69, 9.17) is 0 Å². The number of hydroxylamine groups is 1. The molecule has 0 bridgehead atoms. The van der Waals surface area contributed by atoms with Crippen molar-refractivity contribution in [2.45, 2.75) is 19.4 Å². The molecule has 2 aromatic rings. The van der Waals surface area contributed by atoms with Gasteiger partial charge in [0.1, 0.15) is 0 Å². The molecule has 0 spiro atoms. The van der Waals surface area contributed by atoms with Crippen LogP contribution < -0.4 is 5.48 Å². The van der Waals surface area contributed by atoms with E-state index in [9.17, 15) is 13.2 Å². The highest BCUT2D eigenvalue weighted by molar-refractivity contribution is 7.91. The van der Waals surface area contributed by atoms with Gasteiger partial charge in [0, 0.05) is 0 Å². The van der Waals surface area contributed by atoms with Crippen molar-refractivity contribution in [3.63, 3.8) is 0 Å². The van der Waals surface area contributed by atoms with Crippen LogP contribution in [0, 0.1) is 6.92 Å². The Hall–Kier alpha value is -2.19. The fourth-order valence-corrected chi connectivity index (χ4v) is 4.53. The highest BCUT2D eigenvalue weighted by Gasteiger charge is 2.32. The van der Waals surface area contributed by atoms with E-state index in [0.717, 1.165) is 16.8 Å². The first-order valence-electron chi connectivity index (χ1n) is 7.60. The van der Waals surface area contributed by atoms with Crippen molar-refractivity contribution in [3.05, 3.63) is 41.6 Å². The summed E-state index contributed by atoms with van der Waals surface area (Å²) >= 11 is 0. The Bertz CT molecular complexity index is 856. The molecule has 1 aliphatic rings. The molecular weight excluding hydrogens is 330 g/mol. The van der Waals surface area contributed by atoms with Crippen LogP contribution in [0.4, 0.5) is 0 Å². The molecule has 1 atom stereocenters. The number of aromatic nitrogens is 2. The second kappa shape index (κ2) is 6.37. The van der Waals surface area contributed by atoms with E-state index in [-0.39, 0.29) is 23.2 Å². The maximum Gasteiger partial charge on any atom is 0.295 e. The van der Waals surface area contributed by atoms with E-state index in [1.807, 2.05) is 31.2 Å². The van der Waals surface area contributed by atoms with Crippen molar-refractivity contribution in [1.29, 1.82) is 0 Å². The van der Waals surface area contributed by atoms with E-state index in [0.29, 0.717) is 6.42 Å². The number of amides is 1. The molecule has 1 aromatic heterocycles. The van der Waals surface area contributed by atoms with Gasteiger partial charge in [-0.05, 0) is 25.0 Å². The molecule has 1 N–H and O–H groups in total. The molecule has 1 amide bonds. The van der Waals surface area contributed by atoms with Gasteiger partial charge in [0.15, 0.2) is 15.5 Å². The quantitative estimate of drug-likeness (QED) is 0.845. The molecule has 1 saturated heterocycles. The molecule has 2 heterocycles. The number of sulfone groups is 1. The van der Waals surface area contributed by atoms with Crippen molar-refractivity contribution in [2.75, 3.05) is 18.6 Å². The minimum absolute atomic E-state index is 0.0406. The molecule has 0 aliphatic carbocycles. The van der Waals surface area contributed by atoms with E-state index < -0.39 is 15.7 Å².